The predicted octanol–water partition coefficient (Wildman–Crippen LogP) is 0.0472. The average Bonchev–Trinajstić information content (AvgIpc) is 2.11. The molecule has 0 atom stereocenters. The average molecular weight is 209 g/mol. The SMILES string of the molecule is CCS(=O)(=O)CCCNCCOC. The fourth-order valence-corrected chi connectivity index (χ4v) is 1.73. The van der Waals surface area contributed by atoms with Gasteiger partial charge in [0.2, 0.25) is 0 Å². The van der Waals surface area contributed by atoms with E-state index in [1.165, 1.54) is 0 Å². The van der Waals surface area contributed by atoms with Crippen molar-refractivity contribution in [1.29, 1.82) is 0 Å². The van der Waals surface area contributed by atoms with Crippen molar-refractivity contribution >= 4 is 9.84 Å². The van der Waals surface area contributed by atoms with Crippen LogP contribution in [0.2, 0.25) is 0 Å². The lowest BCUT2D eigenvalue weighted by Crippen LogP contribution is -2.22. The largest absolute Gasteiger partial charge is 0.383 e. The van der Waals surface area contributed by atoms with Gasteiger partial charge in [-0.3, -0.25) is 0 Å². The summed E-state index contributed by atoms with van der Waals surface area (Å²) < 4.78 is 26.9. The summed E-state index contributed by atoms with van der Waals surface area (Å²) in [7, 11) is -1.14. The van der Waals surface area contributed by atoms with Gasteiger partial charge < -0.3 is 10.1 Å². The van der Waals surface area contributed by atoms with Crippen molar-refractivity contribution in [3.05, 3.63) is 0 Å². The maximum absolute atomic E-state index is 11.0. The van der Waals surface area contributed by atoms with Gasteiger partial charge >= 0.3 is 0 Å². The van der Waals surface area contributed by atoms with E-state index >= 15 is 0 Å². The first-order chi connectivity index (χ1) is 6.12. The number of hydrogen-bond donors (Lipinski definition) is 1. The van der Waals surface area contributed by atoms with Crippen LogP contribution in [0, 0.1) is 0 Å². The molecule has 0 aromatic heterocycles. The van der Waals surface area contributed by atoms with E-state index in [1.54, 1.807) is 14.0 Å². The summed E-state index contributed by atoms with van der Waals surface area (Å²) in [5.41, 5.74) is 0. The summed E-state index contributed by atoms with van der Waals surface area (Å²) in [4.78, 5) is 0. The van der Waals surface area contributed by atoms with E-state index < -0.39 is 9.84 Å². The van der Waals surface area contributed by atoms with Crippen LogP contribution < -0.4 is 5.32 Å². The van der Waals surface area contributed by atoms with Crippen LogP contribution in [-0.4, -0.2) is 46.7 Å². The topological polar surface area (TPSA) is 55.4 Å². The second-order valence-electron chi connectivity index (χ2n) is 2.83. The van der Waals surface area contributed by atoms with Crippen LogP contribution >= 0.6 is 0 Å². The van der Waals surface area contributed by atoms with E-state index in [0.717, 1.165) is 13.1 Å². The van der Waals surface area contributed by atoms with Crippen LogP contribution in [0.3, 0.4) is 0 Å². The molecule has 0 aromatic carbocycles. The Kier molecular flexibility index (Phi) is 7.22. The molecule has 80 valence electrons. The second kappa shape index (κ2) is 7.29. The number of hydrogen-bond acceptors (Lipinski definition) is 4. The molecule has 0 aliphatic rings. The highest BCUT2D eigenvalue weighted by atomic mass is 32.2. The molecule has 0 spiro atoms. The molecule has 0 bridgehead atoms. The Morgan fingerprint density at radius 2 is 2.00 bits per heavy atom. The minimum atomic E-state index is -2.78. The van der Waals surface area contributed by atoms with Crippen LogP contribution in [0.15, 0.2) is 0 Å². The second-order valence-corrected chi connectivity index (χ2v) is 5.31. The van der Waals surface area contributed by atoms with Crippen molar-refractivity contribution < 1.29 is 13.2 Å². The summed E-state index contributed by atoms with van der Waals surface area (Å²) in [5.74, 6) is 0.522. The molecule has 0 aliphatic heterocycles. The predicted molar refractivity (Wildman–Crippen MR) is 53.7 cm³/mol. The van der Waals surface area contributed by atoms with Crippen LogP contribution in [0.25, 0.3) is 0 Å². The number of rotatable bonds is 8. The van der Waals surface area contributed by atoms with E-state index in [2.05, 4.69) is 5.32 Å². The van der Waals surface area contributed by atoms with Gasteiger partial charge in [0, 0.05) is 19.4 Å². The highest BCUT2D eigenvalue weighted by Gasteiger charge is 2.05. The fraction of sp³-hybridized carbons (Fsp3) is 1.00. The molecule has 0 radical (unpaired) electrons. The van der Waals surface area contributed by atoms with Crippen molar-refractivity contribution in [1.82, 2.24) is 5.32 Å². The van der Waals surface area contributed by atoms with Crippen LogP contribution in [0.5, 0.6) is 0 Å². The van der Waals surface area contributed by atoms with E-state index in [-0.39, 0.29) is 11.5 Å². The van der Waals surface area contributed by atoms with Crippen molar-refractivity contribution in [2.75, 3.05) is 38.3 Å². The monoisotopic (exact) mass is 209 g/mol. The minimum Gasteiger partial charge on any atom is -0.383 e. The normalized spacial score (nSPS) is 11.8. The van der Waals surface area contributed by atoms with Crippen LogP contribution in [0.4, 0.5) is 0 Å². The van der Waals surface area contributed by atoms with Gasteiger partial charge in [0.1, 0.15) is 9.84 Å². The molecule has 0 amide bonds. The molecule has 0 heterocycles. The van der Waals surface area contributed by atoms with Crippen molar-refractivity contribution in [2.24, 2.45) is 0 Å². The Morgan fingerprint density at radius 3 is 2.54 bits per heavy atom. The molecule has 0 saturated carbocycles. The van der Waals surface area contributed by atoms with Crippen molar-refractivity contribution in [3.8, 4) is 0 Å². The number of nitrogens with one attached hydrogen (secondary N) is 1. The molecular formula is C8H19NO3S. The standard InChI is InChI=1S/C8H19NO3S/c1-3-13(10,11)8-4-5-9-6-7-12-2/h9H,3-8H2,1-2H3. The van der Waals surface area contributed by atoms with E-state index in [9.17, 15) is 8.42 Å². The molecule has 0 aliphatic carbocycles. The highest BCUT2D eigenvalue weighted by Crippen LogP contribution is 1.91. The Morgan fingerprint density at radius 1 is 1.31 bits per heavy atom. The van der Waals surface area contributed by atoms with Gasteiger partial charge in [0.15, 0.2) is 0 Å². The molecule has 0 aromatic rings. The van der Waals surface area contributed by atoms with E-state index in [1.807, 2.05) is 0 Å². The van der Waals surface area contributed by atoms with Gasteiger partial charge in [0.25, 0.3) is 0 Å². The fourth-order valence-electron chi connectivity index (χ4n) is 0.861. The lowest BCUT2D eigenvalue weighted by molar-refractivity contribution is 0.199. The summed E-state index contributed by atoms with van der Waals surface area (Å²) in [6.07, 6.45) is 0.680. The molecule has 0 rings (SSSR count). The molecule has 1 N–H and O–H groups in total. The first-order valence-electron chi connectivity index (χ1n) is 4.52. The maximum atomic E-state index is 11.0. The number of sulfone groups is 1. The summed E-state index contributed by atoms with van der Waals surface area (Å²) >= 11 is 0. The Labute approximate surface area is 80.6 Å². The first kappa shape index (κ1) is 12.9. The van der Waals surface area contributed by atoms with E-state index in [4.69, 9.17) is 4.74 Å². The van der Waals surface area contributed by atoms with Gasteiger partial charge in [-0.05, 0) is 13.0 Å². The zero-order chi connectivity index (χ0) is 10.2. The van der Waals surface area contributed by atoms with Crippen molar-refractivity contribution in [2.45, 2.75) is 13.3 Å². The van der Waals surface area contributed by atoms with Gasteiger partial charge in [-0.1, -0.05) is 6.92 Å². The van der Waals surface area contributed by atoms with Crippen LogP contribution in [-0.2, 0) is 14.6 Å². The quantitative estimate of drug-likeness (QED) is 0.574. The molecule has 4 nitrogen and oxygen atoms in total. The Balaban J connectivity index is 3.26. The lowest BCUT2D eigenvalue weighted by atomic mass is 10.5. The zero-order valence-electron chi connectivity index (χ0n) is 8.38. The molecular weight excluding hydrogens is 190 g/mol. The molecule has 5 heteroatoms. The van der Waals surface area contributed by atoms with Crippen LogP contribution in [0.1, 0.15) is 13.3 Å². The lowest BCUT2D eigenvalue weighted by Gasteiger charge is -2.03. The molecule has 0 fully saturated rings. The first-order valence-corrected chi connectivity index (χ1v) is 6.34. The third kappa shape index (κ3) is 8.21. The highest BCUT2D eigenvalue weighted by molar-refractivity contribution is 7.91. The smallest absolute Gasteiger partial charge is 0.150 e. The van der Waals surface area contributed by atoms with E-state index in [0.29, 0.717) is 13.0 Å². The summed E-state index contributed by atoms with van der Waals surface area (Å²) in [6.45, 7) is 3.86. The van der Waals surface area contributed by atoms with Gasteiger partial charge in [-0.2, -0.15) is 0 Å². The minimum absolute atomic E-state index is 0.241. The third-order valence-electron chi connectivity index (χ3n) is 1.73. The Hall–Kier alpha value is -0.130. The van der Waals surface area contributed by atoms with Gasteiger partial charge in [-0.25, -0.2) is 8.42 Å². The van der Waals surface area contributed by atoms with Gasteiger partial charge in [0.05, 0.1) is 12.4 Å². The zero-order valence-corrected chi connectivity index (χ0v) is 9.19. The maximum Gasteiger partial charge on any atom is 0.150 e. The van der Waals surface area contributed by atoms with Gasteiger partial charge in [-0.15, -0.1) is 0 Å². The molecule has 0 unspecified atom stereocenters. The van der Waals surface area contributed by atoms with Crippen molar-refractivity contribution in [3.63, 3.8) is 0 Å². The molecule has 13 heavy (non-hydrogen) atoms. The number of methoxy groups -OCH3 is 1. The summed E-state index contributed by atoms with van der Waals surface area (Å²) in [6, 6.07) is 0. The number of ether oxygens (including phenoxy) is 1. The summed E-state index contributed by atoms with van der Waals surface area (Å²) in [5, 5.41) is 3.09. The third-order valence-corrected chi connectivity index (χ3v) is 3.52. The molecule has 0 saturated heterocycles. The Bertz CT molecular complexity index is 201.